The van der Waals surface area contributed by atoms with E-state index in [9.17, 15) is 5.11 Å². The second-order valence-corrected chi connectivity index (χ2v) is 5.78. The van der Waals surface area contributed by atoms with Gasteiger partial charge in [-0.2, -0.15) is 0 Å². The summed E-state index contributed by atoms with van der Waals surface area (Å²) in [5.74, 6) is 2.47. The molecule has 1 aromatic heterocycles. The van der Waals surface area contributed by atoms with E-state index in [4.69, 9.17) is 0 Å². The van der Waals surface area contributed by atoms with Crippen LogP contribution in [0.25, 0.3) is 0 Å². The number of nitrogens with zero attached hydrogens (tertiary/aromatic N) is 2. The Morgan fingerprint density at radius 2 is 2.06 bits per heavy atom. The average molecular weight is 248 g/mol. The number of piperidine rings is 1. The second kappa shape index (κ2) is 5.27. The van der Waals surface area contributed by atoms with Crippen molar-refractivity contribution < 1.29 is 5.11 Å². The van der Waals surface area contributed by atoms with Crippen LogP contribution in [0.4, 0.5) is 5.82 Å². The third kappa shape index (κ3) is 2.51. The molecule has 1 aliphatic heterocycles. The fourth-order valence-electron chi connectivity index (χ4n) is 2.92. The minimum Gasteiger partial charge on any atom is -0.392 e. The van der Waals surface area contributed by atoms with Crippen molar-refractivity contribution in [2.75, 3.05) is 11.4 Å². The fourth-order valence-corrected chi connectivity index (χ4v) is 2.92. The zero-order valence-electron chi connectivity index (χ0n) is 11.8. The molecule has 18 heavy (non-hydrogen) atoms. The third-order valence-corrected chi connectivity index (χ3v) is 4.24. The van der Waals surface area contributed by atoms with E-state index in [0.29, 0.717) is 12.0 Å². The number of aliphatic hydroxyl groups excluding tert-OH is 1. The Hall–Kier alpha value is -1.09. The molecule has 2 rings (SSSR count). The van der Waals surface area contributed by atoms with E-state index in [0.717, 1.165) is 29.5 Å². The lowest BCUT2D eigenvalue weighted by Gasteiger charge is -2.42. The van der Waals surface area contributed by atoms with E-state index in [1.54, 1.807) is 0 Å². The molecule has 1 aromatic rings. The zero-order valence-corrected chi connectivity index (χ0v) is 11.8. The van der Waals surface area contributed by atoms with E-state index in [1.807, 2.05) is 19.1 Å². The van der Waals surface area contributed by atoms with Gasteiger partial charge in [0.15, 0.2) is 0 Å². The minimum atomic E-state index is 0.0709. The Labute approximate surface area is 110 Å². The van der Waals surface area contributed by atoms with Crippen molar-refractivity contribution in [1.82, 2.24) is 4.98 Å². The van der Waals surface area contributed by atoms with Gasteiger partial charge in [0, 0.05) is 18.3 Å². The van der Waals surface area contributed by atoms with Crippen LogP contribution in [0, 0.1) is 18.8 Å². The normalized spacial score (nSPS) is 28.5. The largest absolute Gasteiger partial charge is 0.392 e. The summed E-state index contributed by atoms with van der Waals surface area (Å²) in [4.78, 5) is 7.06. The van der Waals surface area contributed by atoms with Crippen LogP contribution in [0.3, 0.4) is 0 Å². The monoisotopic (exact) mass is 248 g/mol. The number of aliphatic hydroxyl groups is 1. The summed E-state index contributed by atoms with van der Waals surface area (Å²) in [6, 6.07) is 4.57. The lowest BCUT2D eigenvalue weighted by atomic mass is 9.86. The Balaban J connectivity index is 2.27. The van der Waals surface area contributed by atoms with Crippen molar-refractivity contribution in [3.63, 3.8) is 0 Å². The number of hydrogen-bond acceptors (Lipinski definition) is 3. The van der Waals surface area contributed by atoms with Crippen LogP contribution in [0.5, 0.6) is 0 Å². The lowest BCUT2D eigenvalue weighted by Crippen LogP contribution is -2.46. The number of pyridine rings is 1. The van der Waals surface area contributed by atoms with Gasteiger partial charge in [0.2, 0.25) is 0 Å². The Morgan fingerprint density at radius 3 is 2.67 bits per heavy atom. The highest BCUT2D eigenvalue weighted by Gasteiger charge is 2.29. The predicted octanol–water partition coefficient (Wildman–Crippen LogP) is 2.75. The topological polar surface area (TPSA) is 36.4 Å². The van der Waals surface area contributed by atoms with Crippen molar-refractivity contribution in [3.05, 3.63) is 23.4 Å². The summed E-state index contributed by atoms with van der Waals surface area (Å²) in [6.45, 7) is 10.0. The molecule has 0 amide bonds. The van der Waals surface area contributed by atoms with E-state index < -0.39 is 0 Å². The average Bonchev–Trinajstić information content (AvgIpc) is 2.33. The number of hydrogen-bond donors (Lipinski definition) is 1. The summed E-state index contributed by atoms with van der Waals surface area (Å²) in [5, 5.41) is 9.20. The molecule has 100 valence electrons. The summed E-state index contributed by atoms with van der Waals surface area (Å²) in [6.07, 6.45) is 1.30. The van der Waals surface area contributed by atoms with Crippen molar-refractivity contribution in [3.8, 4) is 0 Å². The highest BCUT2D eigenvalue weighted by Crippen LogP contribution is 2.30. The van der Waals surface area contributed by atoms with Gasteiger partial charge in [0.05, 0.1) is 6.61 Å². The Kier molecular flexibility index (Phi) is 3.91. The summed E-state index contributed by atoms with van der Waals surface area (Å²) >= 11 is 0. The van der Waals surface area contributed by atoms with E-state index in [-0.39, 0.29) is 6.61 Å². The van der Waals surface area contributed by atoms with E-state index >= 15 is 0 Å². The second-order valence-electron chi connectivity index (χ2n) is 5.78. The van der Waals surface area contributed by atoms with Crippen molar-refractivity contribution in [2.45, 2.75) is 46.8 Å². The Morgan fingerprint density at radius 1 is 1.33 bits per heavy atom. The summed E-state index contributed by atoms with van der Waals surface area (Å²) in [7, 11) is 0. The molecule has 0 radical (unpaired) electrons. The van der Waals surface area contributed by atoms with Crippen molar-refractivity contribution >= 4 is 5.82 Å². The molecule has 2 heterocycles. The number of anilines is 1. The molecule has 0 aromatic carbocycles. The number of rotatable bonds is 2. The first-order valence-corrected chi connectivity index (χ1v) is 6.87. The molecule has 3 heteroatoms. The van der Waals surface area contributed by atoms with E-state index in [2.05, 4.69) is 30.7 Å². The Bertz CT molecular complexity index is 419. The molecule has 1 N–H and O–H groups in total. The quantitative estimate of drug-likeness (QED) is 0.874. The third-order valence-electron chi connectivity index (χ3n) is 4.24. The fraction of sp³-hybridized carbons (Fsp3) is 0.667. The highest BCUT2D eigenvalue weighted by molar-refractivity contribution is 5.43. The maximum atomic E-state index is 9.20. The first kappa shape index (κ1) is 13.3. The van der Waals surface area contributed by atoms with Crippen LogP contribution in [-0.4, -0.2) is 22.7 Å². The predicted molar refractivity (Wildman–Crippen MR) is 74.6 cm³/mol. The van der Waals surface area contributed by atoms with Gasteiger partial charge in [0.25, 0.3) is 0 Å². The molecule has 3 unspecified atom stereocenters. The van der Waals surface area contributed by atoms with Gasteiger partial charge in [-0.3, -0.25) is 0 Å². The van der Waals surface area contributed by atoms with Crippen molar-refractivity contribution in [1.29, 1.82) is 0 Å². The molecule has 0 bridgehead atoms. The van der Waals surface area contributed by atoms with Crippen LogP contribution >= 0.6 is 0 Å². The molecular formula is C15H24N2O. The van der Waals surface area contributed by atoms with Crippen LogP contribution in [0.2, 0.25) is 0 Å². The van der Waals surface area contributed by atoms with Crippen LogP contribution in [0.15, 0.2) is 12.1 Å². The van der Waals surface area contributed by atoms with Gasteiger partial charge in [0.1, 0.15) is 5.82 Å². The van der Waals surface area contributed by atoms with Crippen molar-refractivity contribution in [2.24, 2.45) is 11.8 Å². The van der Waals surface area contributed by atoms with Gasteiger partial charge in [-0.1, -0.05) is 19.9 Å². The summed E-state index contributed by atoms with van der Waals surface area (Å²) in [5.41, 5.74) is 1.86. The molecule has 1 aliphatic rings. The first-order valence-electron chi connectivity index (χ1n) is 6.87. The molecular weight excluding hydrogens is 224 g/mol. The highest BCUT2D eigenvalue weighted by atomic mass is 16.3. The maximum absolute atomic E-state index is 9.20. The zero-order chi connectivity index (χ0) is 13.3. The smallest absolute Gasteiger partial charge is 0.129 e. The molecule has 0 saturated carbocycles. The van der Waals surface area contributed by atoms with Gasteiger partial charge in [-0.15, -0.1) is 0 Å². The molecule has 0 spiro atoms. The lowest BCUT2D eigenvalue weighted by molar-refractivity contribution is 0.280. The molecule has 3 atom stereocenters. The molecule has 1 saturated heterocycles. The van der Waals surface area contributed by atoms with Crippen LogP contribution < -0.4 is 4.90 Å². The van der Waals surface area contributed by atoms with Crippen LogP contribution in [0.1, 0.15) is 38.4 Å². The number of aromatic nitrogens is 1. The molecule has 1 fully saturated rings. The molecule has 3 nitrogen and oxygen atoms in total. The minimum absolute atomic E-state index is 0.0709. The van der Waals surface area contributed by atoms with E-state index in [1.165, 1.54) is 6.42 Å². The maximum Gasteiger partial charge on any atom is 0.129 e. The van der Waals surface area contributed by atoms with Gasteiger partial charge >= 0.3 is 0 Å². The first-order chi connectivity index (χ1) is 8.52. The number of aryl methyl sites for hydroxylation is 1. The van der Waals surface area contributed by atoms with Crippen LogP contribution in [-0.2, 0) is 6.61 Å². The summed E-state index contributed by atoms with van der Waals surface area (Å²) < 4.78 is 0. The van der Waals surface area contributed by atoms with Gasteiger partial charge in [-0.05, 0) is 43.7 Å². The van der Waals surface area contributed by atoms with Gasteiger partial charge in [-0.25, -0.2) is 4.98 Å². The van der Waals surface area contributed by atoms with Gasteiger partial charge < -0.3 is 10.0 Å². The molecule has 0 aliphatic carbocycles. The SMILES string of the molecule is Cc1nc(N2CC(C)CC(C)C2C)ccc1CO. The standard InChI is InChI=1S/C15H24N2O/c1-10-7-11(2)13(4)17(8-10)15-6-5-14(9-18)12(3)16-15/h5-6,10-11,13,18H,7-9H2,1-4H3.